The number of hydrogen-bond acceptors (Lipinski definition) is 3. The molecule has 0 saturated heterocycles. The summed E-state index contributed by atoms with van der Waals surface area (Å²) in [5.41, 5.74) is 2.01. The molecule has 0 atom stereocenters. The van der Waals surface area contributed by atoms with Gasteiger partial charge in [-0.25, -0.2) is 0 Å². The molecule has 0 radical (unpaired) electrons. The molecule has 1 aromatic heterocycles. The van der Waals surface area contributed by atoms with Crippen molar-refractivity contribution in [3.63, 3.8) is 0 Å². The van der Waals surface area contributed by atoms with Crippen molar-refractivity contribution in [1.29, 1.82) is 0 Å². The molecular formula is C11H16N2O. The minimum atomic E-state index is 0.549. The molecule has 1 N–H and O–H groups in total. The number of ether oxygens (including phenoxy) is 1. The summed E-state index contributed by atoms with van der Waals surface area (Å²) in [7, 11) is 1.90. The maximum Gasteiger partial charge on any atom is 0.138 e. The molecule has 1 aromatic rings. The summed E-state index contributed by atoms with van der Waals surface area (Å²) in [4.78, 5) is 4.23. The van der Waals surface area contributed by atoms with E-state index in [1.54, 1.807) is 6.20 Å². The summed E-state index contributed by atoms with van der Waals surface area (Å²) in [6.07, 6.45) is 1.73. The molecule has 0 fully saturated rings. The molecule has 76 valence electrons. The average Bonchev–Trinajstić information content (AvgIpc) is 2.17. The van der Waals surface area contributed by atoms with E-state index >= 15 is 0 Å². The Balaban J connectivity index is 2.50. The Morgan fingerprint density at radius 2 is 2.36 bits per heavy atom. The Morgan fingerprint density at radius 3 is 2.86 bits per heavy atom. The van der Waals surface area contributed by atoms with E-state index in [0.717, 1.165) is 23.6 Å². The number of rotatable bonds is 5. The first-order valence-corrected chi connectivity index (χ1v) is 4.59. The zero-order valence-electron chi connectivity index (χ0n) is 8.71. The number of hydrogen-bond donors (Lipinski definition) is 1. The van der Waals surface area contributed by atoms with Crippen molar-refractivity contribution in [2.75, 3.05) is 13.7 Å². The molecule has 1 rings (SSSR count). The molecule has 0 bridgehead atoms. The van der Waals surface area contributed by atoms with Crippen LogP contribution >= 0.6 is 0 Å². The highest BCUT2D eigenvalue weighted by Crippen LogP contribution is 2.09. The van der Waals surface area contributed by atoms with Crippen LogP contribution in [0.2, 0.25) is 0 Å². The lowest BCUT2D eigenvalue weighted by Crippen LogP contribution is -2.06. The van der Waals surface area contributed by atoms with Gasteiger partial charge in [0.2, 0.25) is 0 Å². The summed E-state index contributed by atoms with van der Waals surface area (Å²) < 4.78 is 5.42. The molecule has 0 aliphatic carbocycles. The van der Waals surface area contributed by atoms with Gasteiger partial charge in [-0.2, -0.15) is 0 Å². The molecule has 3 nitrogen and oxygen atoms in total. The molecule has 0 unspecified atom stereocenters. The monoisotopic (exact) mass is 192 g/mol. The van der Waals surface area contributed by atoms with Crippen LogP contribution in [0.3, 0.4) is 0 Å². The van der Waals surface area contributed by atoms with Crippen LogP contribution in [0.15, 0.2) is 30.5 Å². The minimum Gasteiger partial charge on any atom is -0.488 e. The van der Waals surface area contributed by atoms with E-state index in [0.29, 0.717) is 6.61 Å². The quantitative estimate of drug-likeness (QED) is 0.722. The fraction of sp³-hybridized carbons (Fsp3) is 0.364. The highest BCUT2D eigenvalue weighted by Gasteiger charge is 1.95. The Hall–Kier alpha value is -1.35. The van der Waals surface area contributed by atoms with E-state index in [2.05, 4.69) is 16.9 Å². The first-order chi connectivity index (χ1) is 6.72. The second-order valence-corrected chi connectivity index (χ2v) is 3.26. The number of aromatic nitrogens is 1. The standard InChI is InChI=1S/C11H16N2O/c1-9(2)8-14-11-5-4-10(6-12-3)13-7-11/h4-5,7,12H,1,6,8H2,2-3H3. The summed E-state index contributed by atoms with van der Waals surface area (Å²) in [5.74, 6) is 0.785. The van der Waals surface area contributed by atoms with Gasteiger partial charge in [0.15, 0.2) is 0 Å². The SMILES string of the molecule is C=C(C)COc1ccc(CNC)nc1. The average molecular weight is 192 g/mol. The van der Waals surface area contributed by atoms with Crippen LogP contribution in [-0.2, 0) is 6.54 Å². The molecule has 3 heteroatoms. The molecule has 0 aliphatic heterocycles. The summed E-state index contributed by atoms with van der Waals surface area (Å²) in [5, 5.41) is 3.04. The third kappa shape index (κ3) is 3.58. The highest BCUT2D eigenvalue weighted by molar-refractivity contribution is 5.20. The van der Waals surface area contributed by atoms with Crippen LogP contribution in [0.25, 0.3) is 0 Å². The van der Waals surface area contributed by atoms with Gasteiger partial charge < -0.3 is 10.1 Å². The first-order valence-electron chi connectivity index (χ1n) is 4.59. The van der Waals surface area contributed by atoms with Crippen LogP contribution < -0.4 is 10.1 Å². The Labute approximate surface area is 84.8 Å². The van der Waals surface area contributed by atoms with Gasteiger partial charge in [-0.1, -0.05) is 6.58 Å². The van der Waals surface area contributed by atoms with Crippen molar-refractivity contribution in [1.82, 2.24) is 10.3 Å². The molecule has 1 heterocycles. The van der Waals surface area contributed by atoms with Crippen molar-refractivity contribution >= 4 is 0 Å². The van der Waals surface area contributed by atoms with E-state index in [4.69, 9.17) is 4.74 Å². The van der Waals surface area contributed by atoms with Crippen molar-refractivity contribution in [2.45, 2.75) is 13.5 Å². The van der Waals surface area contributed by atoms with Gasteiger partial charge in [0, 0.05) is 6.54 Å². The first kappa shape index (κ1) is 10.7. The predicted molar refractivity (Wildman–Crippen MR) is 57.3 cm³/mol. The Morgan fingerprint density at radius 1 is 1.57 bits per heavy atom. The topological polar surface area (TPSA) is 34.1 Å². The van der Waals surface area contributed by atoms with Gasteiger partial charge in [-0.05, 0) is 31.7 Å². The van der Waals surface area contributed by atoms with E-state index < -0.39 is 0 Å². The minimum absolute atomic E-state index is 0.549. The lowest BCUT2D eigenvalue weighted by Gasteiger charge is -2.05. The third-order valence-electron chi connectivity index (χ3n) is 1.64. The molecule has 0 aromatic carbocycles. The Kier molecular flexibility index (Phi) is 4.13. The van der Waals surface area contributed by atoms with Crippen LogP contribution in [0, 0.1) is 0 Å². The van der Waals surface area contributed by atoms with E-state index in [-0.39, 0.29) is 0 Å². The Bertz CT molecular complexity index is 293. The summed E-state index contributed by atoms with van der Waals surface area (Å²) in [6.45, 7) is 7.02. The van der Waals surface area contributed by atoms with Gasteiger partial charge >= 0.3 is 0 Å². The zero-order chi connectivity index (χ0) is 10.4. The number of pyridine rings is 1. The molecular weight excluding hydrogens is 176 g/mol. The summed E-state index contributed by atoms with van der Waals surface area (Å²) >= 11 is 0. The molecule has 0 spiro atoms. The molecule has 0 amide bonds. The van der Waals surface area contributed by atoms with Gasteiger partial charge in [-0.15, -0.1) is 0 Å². The highest BCUT2D eigenvalue weighted by atomic mass is 16.5. The second-order valence-electron chi connectivity index (χ2n) is 3.26. The van der Waals surface area contributed by atoms with Crippen LogP contribution in [0.4, 0.5) is 0 Å². The number of nitrogens with one attached hydrogen (secondary N) is 1. The van der Waals surface area contributed by atoms with Crippen LogP contribution in [0.5, 0.6) is 5.75 Å². The molecule has 0 saturated carbocycles. The van der Waals surface area contributed by atoms with Crippen molar-refractivity contribution < 1.29 is 4.74 Å². The van der Waals surface area contributed by atoms with E-state index in [9.17, 15) is 0 Å². The lowest BCUT2D eigenvalue weighted by atomic mass is 10.3. The lowest BCUT2D eigenvalue weighted by molar-refractivity contribution is 0.351. The maximum atomic E-state index is 5.42. The number of nitrogens with zero attached hydrogens (tertiary/aromatic N) is 1. The van der Waals surface area contributed by atoms with Gasteiger partial charge in [0.25, 0.3) is 0 Å². The fourth-order valence-corrected chi connectivity index (χ4v) is 0.989. The van der Waals surface area contributed by atoms with Crippen molar-refractivity contribution in [2.24, 2.45) is 0 Å². The van der Waals surface area contributed by atoms with Crippen LogP contribution in [0.1, 0.15) is 12.6 Å². The zero-order valence-corrected chi connectivity index (χ0v) is 8.71. The van der Waals surface area contributed by atoms with Gasteiger partial charge in [0.1, 0.15) is 12.4 Å². The molecule has 0 aliphatic rings. The largest absolute Gasteiger partial charge is 0.488 e. The second kappa shape index (κ2) is 5.40. The van der Waals surface area contributed by atoms with Crippen LogP contribution in [-0.4, -0.2) is 18.6 Å². The normalized spacial score (nSPS) is 9.86. The summed E-state index contributed by atoms with van der Waals surface area (Å²) in [6, 6.07) is 3.87. The van der Waals surface area contributed by atoms with Crippen molar-refractivity contribution in [3.05, 3.63) is 36.2 Å². The predicted octanol–water partition coefficient (Wildman–Crippen LogP) is 1.76. The fourth-order valence-electron chi connectivity index (χ4n) is 0.989. The van der Waals surface area contributed by atoms with Gasteiger partial charge in [-0.3, -0.25) is 4.98 Å². The third-order valence-corrected chi connectivity index (χ3v) is 1.64. The molecule has 14 heavy (non-hydrogen) atoms. The smallest absolute Gasteiger partial charge is 0.138 e. The van der Waals surface area contributed by atoms with Crippen molar-refractivity contribution in [3.8, 4) is 5.75 Å². The maximum absolute atomic E-state index is 5.42. The van der Waals surface area contributed by atoms with E-state index in [1.807, 2.05) is 26.1 Å². The van der Waals surface area contributed by atoms with Gasteiger partial charge in [0.05, 0.1) is 11.9 Å². The van der Waals surface area contributed by atoms with E-state index in [1.165, 1.54) is 0 Å².